The van der Waals surface area contributed by atoms with E-state index in [2.05, 4.69) is 10.1 Å². The fraction of sp³-hybridized carbons (Fsp3) is 0. The van der Waals surface area contributed by atoms with Crippen molar-refractivity contribution in [1.82, 2.24) is 14.6 Å². The Hall–Kier alpha value is -2.18. The number of nitrogens with zero attached hydrogens (tertiary/aromatic N) is 3. The van der Waals surface area contributed by atoms with Gasteiger partial charge in [-0.3, -0.25) is 0 Å². The molecule has 0 radical (unpaired) electrons. The molecule has 20 heavy (non-hydrogen) atoms. The summed E-state index contributed by atoms with van der Waals surface area (Å²) in [5, 5.41) is 9.26. The highest BCUT2D eigenvalue weighted by atomic mass is 35.5. The Morgan fingerprint density at radius 1 is 1.30 bits per heavy atom. The molecule has 0 aliphatic carbocycles. The molecule has 0 saturated carbocycles. The van der Waals surface area contributed by atoms with E-state index in [4.69, 9.17) is 16.0 Å². The fourth-order valence-corrected chi connectivity index (χ4v) is 2.84. The smallest absolute Gasteiger partial charge is 0.408 e. The minimum atomic E-state index is -0.566. The van der Waals surface area contributed by atoms with Crippen LogP contribution in [0.25, 0.3) is 28.0 Å². The summed E-state index contributed by atoms with van der Waals surface area (Å²) in [6, 6.07) is 6.93. The van der Waals surface area contributed by atoms with Crippen molar-refractivity contribution in [2.45, 2.75) is 0 Å². The summed E-state index contributed by atoms with van der Waals surface area (Å²) >= 11 is 7.53. The molecule has 5 nitrogen and oxygen atoms in total. The van der Waals surface area contributed by atoms with Gasteiger partial charge >= 0.3 is 5.76 Å². The van der Waals surface area contributed by atoms with Crippen LogP contribution in [0, 0.1) is 0 Å². The summed E-state index contributed by atoms with van der Waals surface area (Å²) < 4.78 is 6.37. The van der Waals surface area contributed by atoms with Crippen molar-refractivity contribution in [3.8, 4) is 11.4 Å². The third-order valence-corrected chi connectivity index (χ3v) is 3.86. The van der Waals surface area contributed by atoms with Gasteiger partial charge in [-0.2, -0.15) is 11.3 Å². The van der Waals surface area contributed by atoms with Crippen LogP contribution in [0.1, 0.15) is 0 Å². The van der Waals surface area contributed by atoms with Crippen molar-refractivity contribution in [2.75, 3.05) is 0 Å². The van der Waals surface area contributed by atoms with Crippen molar-refractivity contribution in [3.63, 3.8) is 0 Å². The molecule has 0 fully saturated rings. The van der Waals surface area contributed by atoms with Crippen molar-refractivity contribution in [2.24, 2.45) is 0 Å². The molecule has 1 aromatic carbocycles. The second-order valence-corrected chi connectivity index (χ2v) is 5.41. The van der Waals surface area contributed by atoms with Gasteiger partial charge in [0.2, 0.25) is 0 Å². The normalized spacial score (nSPS) is 11.4. The van der Waals surface area contributed by atoms with Crippen LogP contribution in [0.2, 0.25) is 5.02 Å². The van der Waals surface area contributed by atoms with Gasteiger partial charge in [-0.25, -0.2) is 9.78 Å². The van der Waals surface area contributed by atoms with Crippen molar-refractivity contribution >= 4 is 39.6 Å². The van der Waals surface area contributed by atoms with E-state index in [1.54, 1.807) is 29.5 Å². The zero-order valence-electron chi connectivity index (χ0n) is 9.91. The molecular formula is C13H6ClN3O2S. The number of rotatable bonds is 1. The number of aromatic nitrogens is 3. The zero-order valence-corrected chi connectivity index (χ0v) is 11.5. The lowest BCUT2D eigenvalue weighted by Gasteiger charge is -1.97. The predicted octanol–water partition coefficient (Wildman–Crippen LogP) is 3.22. The first kappa shape index (κ1) is 11.6. The van der Waals surface area contributed by atoms with Gasteiger partial charge in [-0.05, 0) is 29.6 Å². The van der Waals surface area contributed by atoms with Gasteiger partial charge in [0.15, 0.2) is 11.5 Å². The maximum atomic E-state index is 11.9. The minimum absolute atomic E-state index is 0.441. The first-order valence-corrected chi connectivity index (χ1v) is 7.06. The Labute approximate surface area is 121 Å². The molecule has 4 rings (SSSR count). The largest absolute Gasteiger partial charge is 0.442 e. The number of fused-ring (bicyclic) bond motifs is 3. The van der Waals surface area contributed by atoms with Crippen LogP contribution in [0.5, 0.6) is 0 Å². The standard InChI is InChI=1S/C13H6ClN3O2S/c14-8-1-2-10-9(5-8)12-15-11(7-3-4-20-6-7)16-17(12)13(18)19-10/h1-6H. The quantitative estimate of drug-likeness (QED) is 0.542. The SMILES string of the molecule is O=c1oc2ccc(Cl)cc2c2nc(-c3ccsc3)nn12. The summed E-state index contributed by atoms with van der Waals surface area (Å²) in [4.78, 5) is 16.3. The topological polar surface area (TPSA) is 60.4 Å². The van der Waals surface area contributed by atoms with Gasteiger partial charge in [-0.1, -0.05) is 11.6 Å². The molecule has 0 aliphatic heterocycles. The average molecular weight is 304 g/mol. The number of hydrogen-bond acceptors (Lipinski definition) is 5. The number of thiophene rings is 1. The van der Waals surface area contributed by atoms with E-state index in [9.17, 15) is 4.79 Å². The van der Waals surface area contributed by atoms with Gasteiger partial charge in [-0.15, -0.1) is 9.61 Å². The second kappa shape index (κ2) is 4.16. The zero-order chi connectivity index (χ0) is 13.7. The Morgan fingerprint density at radius 2 is 2.20 bits per heavy atom. The highest BCUT2D eigenvalue weighted by molar-refractivity contribution is 7.08. The van der Waals surface area contributed by atoms with E-state index in [1.165, 1.54) is 0 Å². The maximum absolute atomic E-state index is 11.9. The molecule has 3 aromatic heterocycles. The summed E-state index contributed by atoms with van der Waals surface area (Å²) in [6.07, 6.45) is 0. The van der Waals surface area contributed by atoms with Crippen LogP contribution in [0.15, 0.2) is 44.2 Å². The molecule has 3 heterocycles. The van der Waals surface area contributed by atoms with E-state index in [0.717, 1.165) is 10.1 Å². The summed E-state index contributed by atoms with van der Waals surface area (Å²) in [6.45, 7) is 0. The molecule has 4 aromatic rings. The molecule has 0 unspecified atom stereocenters. The van der Waals surface area contributed by atoms with Crippen LogP contribution in [-0.4, -0.2) is 14.6 Å². The van der Waals surface area contributed by atoms with Crippen molar-refractivity contribution < 1.29 is 4.42 Å². The fourth-order valence-electron chi connectivity index (χ4n) is 2.03. The van der Waals surface area contributed by atoms with Gasteiger partial charge in [0.05, 0.1) is 5.39 Å². The molecule has 0 amide bonds. The average Bonchev–Trinajstić information content (AvgIpc) is 3.08. The molecule has 0 saturated heterocycles. The van der Waals surface area contributed by atoms with E-state index in [0.29, 0.717) is 27.5 Å². The third kappa shape index (κ3) is 1.65. The first-order valence-electron chi connectivity index (χ1n) is 5.74. The molecular weight excluding hydrogens is 298 g/mol. The molecule has 98 valence electrons. The lowest BCUT2D eigenvalue weighted by atomic mass is 10.2. The monoisotopic (exact) mass is 303 g/mol. The van der Waals surface area contributed by atoms with Gasteiger partial charge in [0.1, 0.15) is 5.58 Å². The van der Waals surface area contributed by atoms with Crippen LogP contribution in [-0.2, 0) is 0 Å². The molecule has 0 atom stereocenters. The van der Waals surface area contributed by atoms with E-state index < -0.39 is 5.76 Å². The Morgan fingerprint density at radius 3 is 3.00 bits per heavy atom. The summed E-state index contributed by atoms with van der Waals surface area (Å²) in [7, 11) is 0. The minimum Gasteiger partial charge on any atom is -0.408 e. The molecule has 0 aliphatic rings. The summed E-state index contributed by atoms with van der Waals surface area (Å²) in [5.74, 6) is -0.0742. The Balaban J connectivity index is 2.15. The van der Waals surface area contributed by atoms with Crippen molar-refractivity contribution in [3.05, 3.63) is 50.6 Å². The lowest BCUT2D eigenvalue weighted by Crippen LogP contribution is -2.12. The Kier molecular flexibility index (Phi) is 2.42. The maximum Gasteiger partial charge on any atom is 0.442 e. The highest BCUT2D eigenvalue weighted by Crippen LogP contribution is 2.24. The van der Waals surface area contributed by atoms with E-state index in [1.807, 2.05) is 16.8 Å². The first-order chi connectivity index (χ1) is 9.72. The lowest BCUT2D eigenvalue weighted by molar-refractivity contribution is 0.507. The number of halogens is 1. The van der Waals surface area contributed by atoms with E-state index >= 15 is 0 Å². The van der Waals surface area contributed by atoms with Crippen LogP contribution >= 0.6 is 22.9 Å². The summed E-state index contributed by atoms with van der Waals surface area (Å²) in [5.41, 5.74) is 1.75. The van der Waals surface area contributed by atoms with Crippen LogP contribution in [0.3, 0.4) is 0 Å². The Bertz CT molecular complexity index is 988. The van der Waals surface area contributed by atoms with Gasteiger partial charge < -0.3 is 4.42 Å². The van der Waals surface area contributed by atoms with Crippen LogP contribution < -0.4 is 5.76 Å². The van der Waals surface area contributed by atoms with E-state index in [-0.39, 0.29) is 0 Å². The van der Waals surface area contributed by atoms with Crippen LogP contribution in [0.4, 0.5) is 0 Å². The predicted molar refractivity (Wildman–Crippen MR) is 77.4 cm³/mol. The van der Waals surface area contributed by atoms with Crippen molar-refractivity contribution in [1.29, 1.82) is 0 Å². The third-order valence-electron chi connectivity index (χ3n) is 2.94. The molecule has 0 spiro atoms. The number of benzene rings is 1. The number of hydrogen-bond donors (Lipinski definition) is 0. The molecule has 0 N–H and O–H groups in total. The van der Waals surface area contributed by atoms with Gasteiger partial charge in [0.25, 0.3) is 0 Å². The second-order valence-electron chi connectivity index (χ2n) is 4.19. The molecule has 0 bridgehead atoms. The van der Waals surface area contributed by atoms with Gasteiger partial charge in [0, 0.05) is 16.0 Å². The molecule has 7 heteroatoms. The highest BCUT2D eigenvalue weighted by Gasteiger charge is 2.14.